The summed E-state index contributed by atoms with van der Waals surface area (Å²) in [6, 6.07) is 2.47. The van der Waals surface area contributed by atoms with Gasteiger partial charge in [-0.3, -0.25) is 0 Å². The van der Waals surface area contributed by atoms with Crippen LogP contribution in [0, 0.1) is 0 Å². The van der Waals surface area contributed by atoms with Gasteiger partial charge in [-0.25, -0.2) is 4.98 Å². The van der Waals surface area contributed by atoms with Gasteiger partial charge in [0.25, 0.3) is 0 Å². The molecule has 14 heavy (non-hydrogen) atoms. The highest BCUT2D eigenvalue weighted by Gasteiger charge is 2.22. The summed E-state index contributed by atoms with van der Waals surface area (Å²) >= 11 is 3.32. The van der Waals surface area contributed by atoms with Crippen molar-refractivity contribution in [2.75, 3.05) is 17.2 Å². The molecule has 2 N–H and O–H groups in total. The summed E-state index contributed by atoms with van der Waals surface area (Å²) in [5.41, 5.74) is 5.59. The molecule has 1 aliphatic rings. The molecule has 0 amide bonds. The Morgan fingerprint density at radius 3 is 2.93 bits per heavy atom. The molecule has 0 radical (unpaired) electrons. The smallest absolute Gasteiger partial charge is 0.223 e. The van der Waals surface area contributed by atoms with Crippen LogP contribution >= 0.6 is 15.9 Å². The Labute approximate surface area is 91.7 Å². The van der Waals surface area contributed by atoms with Crippen LogP contribution in [0.3, 0.4) is 0 Å². The first-order valence-electron chi connectivity index (χ1n) is 4.73. The molecule has 1 atom stereocenters. The van der Waals surface area contributed by atoms with Gasteiger partial charge in [0, 0.05) is 18.7 Å². The van der Waals surface area contributed by atoms with Gasteiger partial charge in [0.2, 0.25) is 5.95 Å². The first-order valence-corrected chi connectivity index (χ1v) is 5.53. The predicted molar refractivity (Wildman–Crippen MR) is 60.2 cm³/mol. The van der Waals surface area contributed by atoms with Gasteiger partial charge in [0.1, 0.15) is 10.4 Å². The molecule has 5 heteroatoms. The van der Waals surface area contributed by atoms with E-state index in [4.69, 9.17) is 5.73 Å². The molecule has 2 heterocycles. The SMILES string of the molecule is CC1CCCN1c1cc(Br)nc(N)n1. The summed E-state index contributed by atoms with van der Waals surface area (Å²) < 4.78 is 0.749. The van der Waals surface area contributed by atoms with Crippen LogP contribution in [-0.2, 0) is 0 Å². The van der Waals surface area contributed by atoms with Crippen LogP contribution in [0.4, 0.5) is 11.8 Å². The Morgan fingerprint density at radius 2 is 2.36 bits per heavy atom. The van der Waals surface area contributed by atoms with E-state index in [1.54, 1.807) is 0 Å². The maximum Gasteiger partial charge on any atom is 0.223 e. The fourth-order valence-electron chi connectivity index (χ4n) is 1.84. The Morgan fingerprint density at radius 1 is 1.57 bits per heavy atom. The molecule has 1 unspecified atom stereocenters. The summed E-state index contributed by atoms with van der Waals surface area (Å²) in [5.74, 6) is 1.25. The van der Waals surface area contributed by atoms with E-state index in [1.807, 2.05) is 6.07 Å². The lowest BCUT2D eigenvalue weighted by atomic mass is 10.2. The minimum Gasteiger partial charge on any atom is -0.368 e. The molecule has 0 aromatic carbocycles. The summed E-state index contributed by atoms with van der Waals surface area (Å²) in [7, 11) is 0. The molecule has 1 aliphatic heterocycles. The molecule has 76 valence electrons. The molecule has 0 spiro atoms. The third-order valence-electron chi connectivity index (χ3n) is 2.55. The number of halogens is 1. The highest BCUT2D eigenvalue weighted by molar-refractivity contribution is 9.10. The van der Waals surface area contributed by atoms with Gasteiger partial charge in [0.05, 0.1) is 0 Å². The molecule has 0 saturated carbocycles. The lowest BCUT2D eigenvalue weighted by Gasteiger charge is -2.22. The van der Waals surface area contributed by atoms with Crippen LogP contribution in [0.2, 0.25) is 0 Å². The van der Waals surface area contributed by atoms with E-state index in [2.05, 4.69) is 37.7 Å². The van der Waals surface area contributed by atoms with E-state index >= 15 is 0 Å². The van der Waals surface area contributed by atoms with Crippen molar-refractivity contribution in [3.8, 4) is 0 Å². The summed E-state index contributed by atoms with van der Waals surface area (Å²) in [6.07, 6.45) is 2.45. The van der Waals surface area contributed by atoms with Gasteiger partial charge in [-0.15, -0.1) is 0 Å². The number of nitrogens with two attached hydrogens (primary N) is 1. The zero-order valence-electron chi connectivity index (χ0n) is 8.07. The largest absolute Gasteiger partial charge is 0.368 e. The second-order valence-corrected chi connectivity index (χ2v) is 4.40. The van der Waals surface area contributed by atoms with Crippen LogP contribution in [-0.4, -0.2) is 22.6 Å². The number of aromatic nitrogens is 2. The Balaban J connectivity index is 2.31. The summed E-state index contributed by atoms with van der Waals surface area (Å²) in [6.45, 7) is 3.27. The van der Waals surface area contributed by atoms with E-state index in [-0.39, 0.29) is 0 Å². The van der Waals surface area contributed by atoms with Crippen molar-refractivity contribution >= 4 is 27.7 Å². The highest BCUT2D eigenvalue weighted by atomic mass is 79.9. The average Bonchev–Trinajstić information content (AvgIpc) is 2.49. The van der Waals surface area contributed by atoms with Gasteiger partial charge in [-0.05, 0) is 35.7 Å². The van der Waals surface area contributed by atoms with Crippen LogP contribution in [0.15, 0.2) is 10.7 Å². The quantitative estimate of drug-likeness (QED) is 0.779. The van der Waals surface area contributed by atoms with E-state index in [0.29, 0.717) is 12.0 Å². The van der Waals surface area contributed by atoms with E-state index in [9.17, 15) is 0 Å². The maximum absolute atomic E-state index is 5.59. The normalized spacial score (nSPS) is 21.6. The summed E-state index contributed by atoms with van der Waals surface area (Å²) in [4.78, 5) is 10.5. The molecular formula is C9H13BrN4. The van der Waals surface area contributed by atoms with Crippen LogP contribution < -0.4 is 10.6 Å². The van der Waals surface area contributed by atoms with E-state index in [0.717, 1.165) is 17.0 Å². The predicted octanol–water partition coefficient (Wildman–Crippen LogP) is 1.81. The third-order valence-corrected chi connectivity index (χ3v) is 2.95. The number of hydrogen-bond donors (Lipinski definition) is 1. The zero-order chi connectivity index (χ0) is 10.1. The molecule has 1 fully saturated rings. The number of nitrogen functional groups attached to an aromatic ring is 1. The van der Waals surface area contributed by atoms with E-state index < -0.39 is 0 Å². The van der Waals surface area contributed by atoms with Crippen molar-refractivity contribution in [1.29, 1.82) is 0 Å². The Bertz CT molecular complexity index is 321. The first kappa shape index (κ1) is 9.71. The lowest BCUT2D eigenvalue weighted by molar-refractivity contribution is 0.726. The van der Waals surface area contributed by atoms with Gasteiger partial charge in [-0.1, -0.05) is 0 Å². The fourth-order valence-corrected chi connectivity index (χ4v) is 2.23. The van der Waals surface area contributed by atoms with Crippen molar-refractivity contribution < 1.29 is 0 Å². The van der Waals surface area contributed by atoms with Gasteiger partial charge >= 0.3 is 0 Å². The molecule has 2 rings (SSSR count). The van der Waals surface area contributed by atoms with Crippen LogP contribution in [0.1, 0.15) is 19.8 Å². The standard InChI is InChI=1S/C9H13BrN4/c1-6-3-2-4-14(6)8-5-7(10)12-9(11)13-8/h5-6H,2-4H2,1H3,(H2,11,12,13). The molecule has 1 aromatic heterocycles. The zero-order valence-corrected chi connectivity index (χ0v) is 9.66. The number of anilines is 2. The molecule has 4 nitrogen and oxygen atoms in total. The molecular weight excluding hydrogens is 244 g/mol. The fraction of sp³-hybridized carbons (Fsp3) is 0.556. The third kappa shape index (κ3) is 1.82. The van der Waals surface area contributed by atoms with Crippen LogP contribution in [0.25, 0.3) is 0 Å². The molecule has 0 bridgehead atoms. The summed E-state index contributed by atoms with van der Waals surface area (Å²) in [5, 5.41) is 0. The molecule has 0 aliphatic carbocycles. The van der Waals surface area contributed by atoms with Crippen molar-refractivity contribution in [2.24, 2.45) is 0 Å². The van der Waals surface area contributed by atoms with Crippen molar-refractivity contribution in [2.45, 2.75) is 25.8 Å². The number of rotatable bonds is 1. The van der Waals surface area contributed by atoms with Gasteiger partial charge < -0.3 is 10.6 Å². The lowest BCUT2D eigenvalue weighted by Crippen LogP contribution is -2.27. The van der Waals surface area contributed by atoms with Crippen LogP contribution in [0.5, 0.6) is 0 Å². The average molecular weight is 257 g/mol. The van der Waals surface area contributed by atoms with Crippen molar-refractivity contribution in [1.82, 2.24) is 9.97 Å². The Hall–Kier alpha value is -0.840. The van der Waals surface area contributed by atoms with E-state index in [1.165, 1.54) is 12.8 Å². The number of nitrogens with zero attached hydrogens (tertiary/aromatic N) is 3. The Kier molecular flexibility index (Phi) is 2.58. The maximum atomic E-state index is 5.59. The minimum absolute atomic E-state index is 0.327. The van der Waals surface area contributed by atoms with Crippen molar-refractivity contribution in [3.63, 3.8) is 0 Å². The van der Waals surface area contributed by atoms with Gasteiger partial charge in [0.15, 0.2) is 0 Å². The minimum atomic E-state index is 0.327. The molecule has 1 saturated heterocycles. The monoisotopic (exact) mass is 256 g/mol. The second-order valence-electron chi connectivity index (χ2n) is 3.59. The highest BCUT2D eigenvalue weighted by Crippen LogP contribution is 2.25. The second kappa shape index (κ2) is 3.73. The topological polar surface area (TPSA) is 55.0 Å². The molecule has 1 aromatic rings. The van der Waals surface area contributed by atoms with Gasteiger partial charge in [-0.2, -0.15) is 4.98 Å². The van der Waals surface area contributed by atoms with Crippen molar-refractivity contribution in [3.05, 3.63) is 10.7 Å². The first-order chi connectivity index (χ1) is 6.66. The number of hydrogen-bond acceptors (Lipinski definition) is 4.